The van der Waals surface area contributed by atoms with Crippen molar-refractivity contribution in [2.45, 2.75) is 74.9 Å². The van der Waals surface area contributed by atoms with Gasteiger partial charge < -0.3 is 24.3 Å². The number of likely N-dealkylation sites (N-methyl/N-ethyl adjacent to an activating group) is 1. The van der Waals surface area contributed by atoms with Gasteiger partial charge in [0, 0.05) is 22.8 Å². The zero-order valence-corrected chi connectivity index (χ0v) is 20.7. The zero-order valence-electron chi connectivity index (χ0n) is 20.7. The number of ether oxygens (including phenoxy) is 1. The summed E-state index contributed by atoms with van der Waals surface area (Å²) in [6, 6.07) is 6.29. The molecule has 2 saturated heterocycles. The van der Waals surface area contributed by atoms with Crippen LogP contribution in [0.25, 0.3) is 16.7 Å². The Morgan fingerprint density at radius 3 is 2.80 bits per heavy atom. The van der Waals surface area contributed by atoms with E-state index in [1.54, 1.807) is 0 Å². The molecular weight excluding hydrogens is 440 g/mol. The molecule has 4 fully saturated rings. The molecule has 0 amide bonds. The van der Waals surface area contributed by atoms with Gasteiger partial charge in [-0.1, -0.05) is 25.1 Å². The molecule has 6 heteroatoms. The monoisotopic (exact) mass is 474 g/mol. The Kier molecular flexibility index (Phi) is 3.79. The first-order chi connectivity index (χ1) is 16.8. The predicted octanol–water partition coefficient (Wildman–Crippen LogP) is 3.93. The smallest absolute Gasteiger partial charge is 0.181 e. The summed E-state index contributed by atoms with van der Waals surface area (Å²) in [5.74, 6) is 0.726. The van der Waals surface area contributed by atoms with E-state index in [1.807, 2.05) is 20.2 Å². The quantitative estimate of drug-likeness (QED) is 0.642. The number of fused-ring (bicyclic) bond motifs is 3. The van der Waals surface area contributed by atoms with Gasteiger partial charge in [0.1, 0.15) is 5.52 Å². The average Bonchev–Trinajstić information content (AvgIpc) is 3.11. The van der Waals surface area contributed by atoms with Gasteiger partial charge in [0.25, 0.3) is 0 Å². The Hall–Kier alpha value is -1.99. The minimum atomic E-state index is -0.731. The first-order valence-corrected chi connectivity index (χ1v) is 13.2. The van der Waals surface area contributed by atoms with Gasteiger partial charge in [0.05, 0.1) is 23.4 Å². The van der Waals surface area contributed by atoms with Crippen LogP contribution in [0.15, 0.2) is 46.7 Å². The largest absolute Gasteiger partial charge is 0.443 e. The first-order valence-electron chi connectivity index (χ1n) is 13.2. The Morgan fingerprint density at radius 2 is 1.97 bits per heavy atom. The third-order valence-electron chi connectivity index (χ3n) is 11.3. The van der Waals surface area contributed by atoms with Crippen molar-refractivity contribution in [3.8, 4) is 0 Å². The summed E-state index contributed by atoms with van der Waals surface area (Å²) in [4.78, 5) is 6.47. The Bertz CT molecular complexity index is 1330. The fourth-order valence-corrected chi connectivity index (χ4v) is 9.66. The van der Waals surface area contributed by atoms with Crippen LogP contribution in [0.1, 0.15) is 51.0 Å². The van der Waals surface area contributed by atoms with Crippen LogP contribution in [0.2, 0.25) is 0 Å². The molecule has 6 aliphatic rings. The summed E-state index contributed by atoms with van der Waals surface area (Å²) in [5, 5.41) is 22.6. The molecule has 4 aliphatic carbocycles. The van der Waals surface area contributed by atoms with E-state index in [9.17, 15) is 10.2 Å². The number of aliphatic hydroxyl groups is 2. The van der Waals surface area contributed by atoms with Crippen molar-refractivity contribution in [2.75, 3.05) is 14.1 Å². The summed E-state index contributed by atoms with van der Waals surface area (Å²) >= 11 is 0. The SMILES string of the molecule is CN(C)C1CC23CCC4(O2)C(=CCC2(C)C(c5ccc6ocnc6c5)=CCC24)C2CC23C(O)C1O. The lowest BCUT2D eigenvalue weighted by Crippen LogP contribution is -2.67. The highest BCUT2D eigenvalue weighted by molar-refractivity contribution is 5.82. The van der Waals surface area contributed by atoms with Gasteiger partial charge >= 0.3 is 0 Å². The van der Waals surface area contributed by atoms with Gasteiger partial charge in [-0.25, -0.2) is 4.98 Å². The molecule has 2 saturated carbocycles. The summed E-state index contributed by atoms with van der Waals surface area (Å²) in [6.07, 6.45) is 10.7. The maximum Gasteiger partial charge on any atom is 0.181 e. The van der Waals surface area contributed by atoms with Crippen molar-refractivity contribution < 1.29 is 19.4 Å². The van der Waals surface area contributed by atoms with Crippen LogP contribution in [0.3, 0.4) is 0 Å². The molecule has 3 heterocycles. The predicted molar refractivity (Wildman–Crippen MR) is 131 cm³/mol. The van der Waals surface area contributed by atoms with Gasteiger partial charge in [-0.05, 0) is 87.4 Å². The van der Waals surface area contributed by atoms with Crippen molar-refractivity contribution in [3.63, 3.8) is 0 Å². The number of hydrogen-bond acceptors (Lipinski definition) is 6. The number of oxazole rings is 1. The number of nitrogens with zero attached hydrogens (tertiary/aromatic N) is 2. The van der Waals surface area contributed by atoms with Crippen LogP contribution >= 0.6 is 0 Å². The van der Waals surface area contributed by atoms with Crippen LogP contribution in [-0.4, -0.2) is 63.6 Å². The lowest BCUT2D eigenvalue weighted by Gasteiger charge is -2.59. The lowest BCUT2D eigenvalue weighted by molar-refractivity contribution is -0.248. The molecule has 2 aliphatic heterocycles. The molecule has 0 radical (unpaired) electrons. The highest BCUT2D eigenvalue weighted by Gasteiger charge is 2.84. The van der Waals surface area contributed by atoms with Crippen LogP contribution in [-0.2, 0) is 4.74 Å². The Balaban J connectivity index is 1.22. The molecule has 35 heavy (non-hydrogen) atoms. The van der Waals surface area contributed by atoms with Crippen LogP contribution in [0.4, 0.5) is 0 Å². The maximum atomic E-state index is 11.5. The Labute approximate surface area is 205 Å². The van der Waals surface area contributed by atoms with Crippen molar-refractivity contribution in [3.05, 3.63) is 47.9 Å². The van der Waals surface area contributed by atoms with Gasteiger partial charge in [-0.3, -0.25) is 0 Å². The van der Waals surface area contributed by atoms with E-state index in [1.165, 1.54) is 23.1 Å². The summed E-state index contributed by atoms with van der Waals surface area (Å²) in [6.45, 7) is 2.43. The number of aliphatic hydroxyl groups excluding tert-OH is 2. The maximum absolute atomic E-state index is 11.5. The highest BCUT2D eigenvalue weighted by Crippen LogP contribution is 2.81. The van der Waals surface area contributed by atoms with Crippen LogP contribution in [0.5, 0.6) is 0 Å². The van der Waals surface area contributed by atoms with E-state index in [0.717, 1.165) is 49.6 Å². The molecule has 9 atom stereocenters. The molecule has 6 nitrogen and oxygen atoms in total. The second kappa shape index (κ2) is 6.28. The van der Waals surface area contributed by atoms with Gasteiger partial charge in [-0.2, -0.15) is 0 Å². The van der Waals surface area contributed by atoms with Crippen molar-refractivity contribution >= 4 is 16.7 Å². The molecule has 2 bridgehead atoms. The first kappa shape index (κ1) is 21.1. The van der Waals surface area contributed by atoms with Crippen LogP contribution in [0, 0.1) is 22.7 Å². The van der Waals surface area contributed by atoms with Gasteiger partial charge in [-0.15, -0.1) is 0 Å². The van der Waals surface area contributed by atoms with Crippen molar-refractivity contribution in [1.82, 2.24) is 9.88 Å². The summed E-state index contributed by atoms with van der Waals surface area (Å²) in [7, 11) is 4.02. The van der Waals surface area contributed by atoms with E-state index < -0.39 is 12.2 Å². The fourth-order valence-electron chi connectivity index (χ4n) is 9.66. The molecule has 1 aromatic carbocycles. The molecule has 9 unspecified atom stereocenters. The van der Waals surface area contributed by atoms with E-state index in [2.05, 4.69) is 41.1 Å². The van der Waals surface area contributed by atoms with Gasteiger partial charge in [0.2, 0.25) is 0 Å². The molecule has 8 rings (SSSR count). The molecular formula is C29H34N2O4. The van der Waals surface area contributed by atoms with Crippen LogP contribution < -0.4 is 0 Å². The zero-order chi connectivity index (χ0) is 24.0. The third-order valence-corrected chi connectivity index (χ3v) is 11.3. The number of aromatic nitrogens is 1. The average molecular weight is 475 g/mol. The highest BCUT2D eigenvalue weighted by atomic mass is 16.5. The van der Waals surface area contributed by atoms with E-state index in [4.69, 9.17) is 9.15 Å². The molecule has 2 N–H and O–H groups in total. The normalized spacial score (nSPS) is 49.3. The second-order valence-corrected chi connectivity index (χ2v) is 12.7. The van der Waals surface area contributed by atoms with E-state index in [0.29, 0.717) is 11.8 Å². The second-order valence-electron chi connectivity index (χ2n) is 12.7. The van der Waals surface area contributed by atoms with Crippen molar-refractivity contribution in [2.24, 2.45) is 22.7 Å². The number of hydrogen-bond donors (Lipinski definition) is 2. The Morgan fingerprint density at radius 1 is 1.11 bits per heavy atom. The summed E-state index contributed by atoms with van der Waals surface area (Å²) < 4.78 is 12.9. The number of rotatable bonds is 2. The molecule has 184 valence electrons. The molecule has 1 aromatic heterocycles. The topological polar surface area (TPSA) is 79.0 Å². The van der Waals surface area contributed by atoms with Crippen molar-refractivity contribution in [1.29, 1.82) is 0 Å². The number of allylic oxidation sites excluding steroid dienone is 3. The fraction of sp³-hybridized carbons (Fsp3) is 0.621. The van der Waals surface area contributed by atoms with Gasteiger partial charge in [0.15, 0.2) is 12.0 Å². The molecule has 2 aromatic rings. The van der Waals surface area contributed by atoms with E-state index >= 15 is 0 Å². The van der Waals surface area contributed by atoms with E-state index in [-0.39, 0.29) is 28.1 Å². The minimum absolute atomic E-state index is 0.00488. The molecule has 3 spiro atoms. The third kappa shape index (κ3) is 2.22. The lowest BCUT2D eigenvalue weighted by atomic mass is 9.57. The standard InChI is InChI=1S/C29H34N2O4/c1-26-9-8-18-19-13-28(19)25(33)24(32)21(31(2)3)14-27(28)10-11-29(18,35-27)23(26)7-5-17(26)16-4-6-22-20(12-16)30-15-34-22/h4-6,8,12,15,19,21,23-25,32-33H,7,9-11,13-14H2,1-3H3. The minimum Gasteiger partial charge on any atom is -0.443 e. The summed E-state index contributed by atoms with van der Waals surface area (Å²) in [5.41, 5.74) is 4.88. The number of benzene rings is 1.